The number of rotatable bonds is 6. The zero-order chi connectivity index (χ0) is 22.6. The molecule has 1 aliphatic carbocycles. The standard InChI is InChI=1S/C25H29N3O3S.HI/c1-32-24(26-19-12-13-19)27-16-14-25(15-17-27,23(30)31)18-22(29)28(20-8-4-2-5-9-20)21-10-6-3-7-11-21;/h2-11,19H,12-18H2,1H3,(H,30,31);1H. The zero-order valence-corrected chi connectivity index (χ0v) is 21.9. The first-order valence-electron chi connectivity index (χ1n) is 11.1. The molecule has 0 bridgehead atoms. The van der Waals surface area contributed by atoms with Gasteiger partial charge in [0, 0.05) is 30.9 Å². The van der Waals surface area contributed by atoms with Gasteiger partial charge in [-0.1, -0.05) is 48.2 Å². The second kappa shape index (κ2) is 11.4. The summed E-state index contributed by atoms with van der Waals surface area (Å²) in [6, 6.07) is 19.3. The highest BCUT2D eigenvalue weighted by Crippen LogP contribution is 2.39. The summed E-state index contributed by atoms with van der Waals surface area (Å²) in [5, 5.41) is 11.2. The summed E-state index contributed by atoms with van der Waals surface area (Å²) in [5.74, 6) is -1.09. The van der Waals surface area contributed by atoms with Crippen molar-refractivity contribution in [2.75, 3.05) is 24.2 Å². The highest BCUT2D eigenvalue weighted by molar-refractivity contribution is 14.0. The van der Waals surface area contributed by atoms with Gasteiger partial charge in [-0.05, 0) is 56.2 Å². The van der Waals surface area contributed by atoms with Crippen molar-refractivity contribution in [3.05, 3.63) is 60.7 Å². The lowest BCUT2D eigenvalue weighted by atomic mass is 9.75. The third-order valence-electron chi connectivity index (χ3n) is 6.24. The van der Waals surface area contributed by atoms with E-state index in [1.54, 1.807) is 16.7 Å². The number of benzene rings is 2. The Kier molecular flexibility index (Phi) is 8.81. The van der Waals surface area contributed by atoms with E-state index in [1.807, 2.05) is 66.9 Å². The maximum Gasteiger partial charge on any atom is 0.310 e. The fourth-order valence-electron chi connectivity index (χ4n) is 4.18. The van der Waals surface area contributed by atoms with Crippen LogP contribution in [0.25, 0.3) is 0 Å². The van der Waals surface area contributed by atoms with Gasteiger partial charge in [-0.2, -0.15) is 0 Å². The maximum absolute atomic E-state index is 13.6. The van der Waals surface area contributed by atoms with Crippen molar-refractivity contribution in [2.24, 2.45) is 10.4 Å². The summed E-state index contributed by atoms with van der Waals surface area (Å²) in [5.41, 5.74) is 0.407. The molecule has 0 atom stereocenters. The number of carboxylic acid groups (broad SMARTS) is 1. The number of piperidine rings is 1. The molecular formula is C25H30IN3O3S. The van der Waals surface area contributed by atoms with Crippen molar-refractivity contribution < 1.29 is 14.7 Å². The average Bonchev–Trinajstić information content (AvgIpc) is 3.64. The monoisotopic (exact) mass is 579 g/mol. The Morgan fingerprint density at radius 2 is 1.55 bits per heavy atom. The fourth-order valence-corrected chi connectivity index (χ4v) is 4.87. The number of nitrogens with zero attached hydrogens (tertiary/aromatic N) is 3. The summed E-state index contributed by atoms with van der Waals surface area (Å²) in [6.07, 6.45) is 5.11. The predicted octanol–water partition coefficient (Wildman–Crippen LogP) is 5.41. The first-order valence-corrected chi connectivity index (χ1v) is 12.3. The smallest absolute Gasteiger partial charge is 0.310 e. The van der Waals surface area contributed by atoms with Crippen LogP contribution in [0.1, 0.15) is 32.1 Å². The summed E-state index contributed by atoms with van der Waals surface area (Å²) >= 11 is 1.62. The second-order valence-corrected chi connectivity index (χ2v) is 9.27. The minimum absolute atomic E-state index is 0. The van der Waals surface area contributed by atoms with Gasteiger partial charge >= 0.3 is 5.97 Å². The van der Waals surface area contributed by atoms with Crippen LogP contribution in [0.5, 0.6) is 0 Å². The number of para-hydroxylation sites is 2. The number of hydrogen-bond acceptors (Lipinski definition) is 4. The Morgan fingerprint density at radius 1 is 1.03 bits per heavy atom. The number of carbonyl (C=O) groups is 2. The molecule has 33 heavy (non-hydrogen) atoms. The molecule has 1 amide bonds. The number of hydrogen-bond donors (Lipinski definition) is 1. The second-order valence-electron chi connectivity index (χ2n) is 8.50. The van der Waals surface area contributed by atoms with Crippen LogP contribution < -0.4 is 4.90 Å². The number of amides is 1. The lowest BCUT2D eigenvalue weighted by Gasteiger charge is -2.40. The Bertz CT molecular complexity index is 935. The Hall–Kier alpha value is -2.07. The van der Waals surface area contributed by atoms with Gasteiger partial charge in [0.2, 0.25) is 5.91 Å². The first-order chi connectivity index (χ1) is 15.5. The van der Waals surface area contributed by atoms with Crippen LogP contribution >= 0.6 is 35.7 Å². The highest BCUT2D eigenvalue weighted by atomic mass is 127. The van der Waals surface area contributed by atoms with Crippen LogP contribution in [0.3, 0.4) is 0 Å². The van der Waals surface area contributed by atoms with Gasteiger partial charge in [-0.15, -0.1) is 24.0 Å². The van der Waals surface area contributed by atoms with Gasteiger partial charge in [0.05, 0.1) is 11.5 Å². The fraction of sp³-hybridized carbons (Fsp3) is 0.400. The van der Waals surface area contributed by atoms with E-state index in [4.69, 9.17) is 4.99 Å². The molecule has 0 spiro atoms. The van der Waals surface area contributed by atoms with Crippen molar-refractivity contribution >= 4 is 64.2 Å². The third kappa shape index (κ3) is 6.09. The number of aliphatic imine (C=N–C) groups is 1. The molecule has 4 rings (SSSR count). The molecule has 6 nitrogen and oxygen atoms in total. The molecule has 1 saturated carbocycles. The van der Waals surface area contributed by atoms with Gasteiger partial charge in [0.25, 0.3) is 0 Å². The molecule has 176 valence electrons. The molecule has 1 saturated heterocycles. The lowest BCUT2D eigenvalue weighted by Crippen LogP contribution is -2.48. The Morgan fingerprint density at radius 3 is 1.97 bits per heavy atom. The van der Waals surface area contributed by atoms with Gasteiger partial charge in [0.15, 0.2) is 5.17 Å². The van der Waals surface area contributed by atoms with Crippen molar-refractivity contribution in [1.82, 2.24) is 4.90 Å². The minimum atomic E-state index is -1.07. The quantitative estimate of drug-likeness (QED) is 0.282. The van der Waals surface area contributed by atoms with Gasteiger partial charge in [0.1, 0.15) is 0 Å². The van der Waals surface area contributed by atoms with E-state index in [1.165, 1.54) is 0 Å². The van der Waals surface area contributed by atoms with E-state index < -0.39 is 11.4 Å². The van der Waals surface area contributed by atoms with Crippen LogP contribution in [0.2, 0.25) is 0 Å². The van der Waals surface area contributed by atoms with Crippen molar-refractivity contribution in [3.63, 3.8) is 0 Å². The molecule has 0 radical (unpaired) electrons. The molecule has 0 aromatic heterocycles. The first kappa shape index (κ1) is 25.6. The summed E-state index contributed by atoms with van der Waals surface area (Å²) < 4.78 is 0. The number of thioether (sulfide) groups is 1. The van der Waals surface area contributed by atoms with Crippen molar-refractivity contribution in [1.29, 1.82) is 0 Å². The molecule has 2 aromatic carbocycles. The van der Waals surface area contributed by atoms with E-state index in [0.29, 0.717) is 32.0 Å². The van der Waals surface area contributed by atoms with Gasteiger partial charge in [-0.3, -0.25) is 19.5 Å². The number of amidine groups is 1. The SMILES string of the molecule is CSC(=NC1CC1)N1CCC(CC(=O)N(c2ccccc2)c2ccccc2)(C(=O)O)CC1.I. The molecule has 1 N–H and O–H groups in total. The number of halogens is 1. The van der Waals surface area contributed by atoms with Crippen LogP contribution in [-0.4, -0.2) is 52.4 Å². The van der Waals surface area contributed by atoms with Crippen LogP contribution in [0.15, 0.2) is 65.7 Å². The average molecular weight is 580 g/mol. The molecule has 8 heteroatoms. The number of carboxylic acids is 1. The third-order valence-corrected chi connectivity index (χ3v) is 6.96. The lowest BCUT2D eigenvalue weighted by molar-refractivity contribution is -0.154. The van der Waals surface area contributed by atoms with E-state index in [2.05, 4.69) is 4.90 Å². The summed E-state index contributed by atoms with van der Waals surface area (Å²) in [6.45, 7) is 1.20. The number of likely N-dealkylation sites (tertiary alicyclic amines) is 1. The largest absolute Gasteiger partial charge is 0.481 e. The number of aliphatic carboxylic acids is 1. The molecular weight excluding hydrogens is 549 g/mol. The molecule has 2 aliphatic rings. The van der Waals surface area contributed by atoms with Gasteiger partial charge < -0.3 is 10.0 Å². The van der Waals surface area contributed by atoms with E-state index in [9.17, 15) is 14.7 Å². The summed E-state index contributed by atoms with van der Waals surface area (Å²) in [4.78, 5) is 34.6. The maximum atomic E-state index is 13.6. The molecule has 2 aromatic rings. The van der Waals surface area contributed by atoms with Crippen molar-refractivity contribution in [2.45, 2.75) is 38.1 Å². The Labute approximate surface area is 216 Å². The van der Waals surface area contributed by atoms with Gasteiger partial charge in [-0.25, -0.2) is 0 Å². The van der Waals surface area contributed by atoms with Crippen LogP contribution in [-0.2, 0) is 9.59 Å². The predicted molar refractivity (Wildman–Crippen MR) is 145 cm³/mol. The van der Waals surface area contributed by atoms with Crippen molar-refractivity contribution in [3.8, 4) is 0 Å². The molecule has 1 heterocycles. The van der Waals surface area contributed by atoms with E-state index >= 15 is 0 Å². The highest BCUT2D eigenvalue weighted by Gasteiger charge is 2.45. The number of anilines is 2. The molecule has 1 aliphatic heterocycles. The normalized spacial score (nSPS) is 17.7. The molecule has 0 unspecified atom stereocenters. The molecule has 2 fully saturated rings. The van der Waals surface area contributed by atoms with E-state index in [0.717, 1.165) is 29.4 Å². The van der Waals surface area contributed by atoms with Crippen LogP contribution in [0, 0.1) is 5.41 Å². The Balaban J connectivity index is 0.00000306. The summed E-state index contributed by atoms with van der Waals surface area (Å²) in [7, 11) is 0. The topological polar surface area (TPSA) is 73.2 Å². The van der Waals surface area contributed by atoms with Crippen LogP contribution in [0.4, 0.5) is 11.4 Å². The van der Waals surface area contributed by atoms with E-state index in [-0.39, 0.29) is 36.3 Å². The zero-order valence-electron chi connectivity index (χ0n) is 18.7. The number of carbonyl (C=O) groups excluding carboxylic acids is 1. The minimum Gasteiger partial charge on any atom is -0.481 e.